The summed E-state index contributed by atoms with van der Waals surface area (Å²) in [7, 11) is 0. The van der Waals surface area contributed by atoms with Crippen molar-refractivity contribution in [2.45, 2.75) is 42.6 Å². The minimum atomic E-state index is -1.18. The number of alkyl halides is 1. The van der Waals surface area contributed by atoms with Crippen LogP contribution in [0.3, 0.4) is 0 Å². The number of aliphatic hydroxyl groups excluding tert-OH is 1. The van der Waals surface area contributed by atoms with Gasteiger partial charge < -0.3 is 24.8 Å². The molecule has 176 valence electrons. The van der Waals surface area contributed by atoms with Gasteiger partial charge in [-0.2, -0.15) is 0 Å². The zero-order chi connectivity index (χ0) is 23.3. The lowest BCUT2D eigenvalue weighted by Crippen LogP contribution is -2.56. The van der Waals surface area contributed by atoms with Crippen LogP contribution in [-0.2, 0) is 30.5 Å². The number of esters is 1. The number of para-hydroxylation sites is 1. The number of aromatic nitrogens is 3. The van der Waals surface area contributed by atoms with Gasteiger partial charge in [-0.25, -0.2) is 4.68 Å². The van der Waals surface area contributed by atoms with Crippen LogP contribution in [0.5, 0.6) is 0 Å². The van der Waals surface area contributed by atoms with Crippen molar-refractivity contribution in [2.75, 3.05) is 19.8 Å². The van der Waals surface area contributed by atoms with Crippen LogP contribution in [-0.4, -0.2) is 85.1 Å². The fourth-order valence-electron chi connectivity index (χ4n) is 5.57. The molecule has 5 rings (SSSR count). The first kappa shape index (κ1) is 22.2. The first-order valence-corrected chi connectivity index (χ1v) is 11.8. The summed E-state index contributed by atoms with van der Waals surface area (Å²) in [4.78, 5) is 40.8. The van der Waals surface area contributed by atoms with E-state index in [9.17, 15) is 19.5 Å². The Balaban J connectivity index is 1.44. The van der Waals surface area contributed by atoms with E-state index in [0.717, 1.165) is 5.52 Å². The number of ether oxygens (including phenoxy) is 2. The number of benzene rings is 1. The zero-order valence-corrected chi connectivity index (χ0v) is 19.5. The Morgan fingerprint density at radius 3 is 2.94 bits per heavy atom. The quantitative estimate of drug-likeness (QED) is 0.378. The first-order valence-electron chi connectivity index (χ1n) is 10.9. The van der Waals surface area contributed by atoms with Gasteiger partial charge in [-0.15, -0.1) is 5.10 Å². The van der Waals surface area contributed by atoms with Crippen LogP contribution < -0.4 is 5.32 Å². The van der Waals surface area contributed by atoms with Crippen LogP contribution >= 0.6 is 15.9 Å². The molecule has 6 atom stereocenters. The van der Waals surface area contributed by atoms with E-state index < -0.39 is 41.5 Å². The lowest BCUT2D eigenvalue weighted by atomic mass is 9.70. The molecule has 0 aliphatic carbocycles. The normalized spacial score (nSPS) is 32.4. The number of likely N-dealkylation sites (tertiary alicyclic amines) is 1. The predicted molar refractivity (Wildman–Crippen MR) is 117 cm³/mol. The number of fused-ring (bicyclic) bond motifs is 2. The van der Waals surface area contributed by atoms with Crippen LogP contribution in [0.1, 0.15) is 13.3 Å². The molecule has 3 saturated heterocycles. The number of amides is 2. The highest BCUT2D eigenvalue weighted by molar-refractivity contribution is 9.09. The monoisotopic (exact) mass is 521 g/mol. The molecule has 1 unspecified atom stereocenters. The third-order valence-corrected chi connectivity index (χ3v) is 7.61. The van der Waals surface area contributed by atoms with Crippen molar-refractivity contribution in [1.82, 2.24) is 25.2 Å². The van der Waals surface area contributed by atoms with E-state index in [1.807, 2.05) is 24.3 Å². The number of nitrogens with one attached hydrogen (secondary N) is 1. The van der Waals surface area contributed by atoms with Crippen LogP contribution in [0, 0.1) is 11.8 Å². The Morgan fingerprint density at radius 1 is 1.39 bits per heavy atom. The molecule has 2 N–H and O–H groups in total. The average Bonchev–Trinajstić information content (AvgIpc) is 3.50. The topological polar surface area (TPSA) is 136 Å². The highest BCUT2D eigenvalue weighted by atomic mass is 79.9. The second kappa shape index (κ2) is 8.33. The summed E-state index contributed by atoms with van der Waals surface area (Å²) >= 11 is 3.57. The highest BCUT2D eigenvalue weighted by Crippen LogP contribution is 2.60. The maximum atomic E-state index is 13.5. The van der Waals surface area contributed by atoms with Crippen LogP contribution in [0.2, 0.25) is 0 Å². The van der Waals surface area contributed by atoms with Crippen molar-refractivity contribution in [3.8, 4) is 0 Å². The predicted octanol–water partition coefficient (Wildman–Crippen LogP) is -0.192. The van der Waals surface area contributed by atoms with Gasteiger partial charge in [-0.3, -0.25) is 14.4 Å². The van der Waals surface area contributed by atoms with Crippen molar-refractivity contribution in [1.29, 1.82) is 0 Å². The number of halogens is 1. The Hall–Kier alpha value is -2.57. The lowest BCUT2D eigenvalue weighted by Gasteiger charge is -2.33. The fraction of sp³-hybridized carbons (Fsp3) is 0.571. The van der Waals surface area contributed by atoms with Crippen LogP contribution in [0.25, 0.3) is 11.0 Å². The molecular formula is C21H24BrN5O6. The van der Waals surface area contributed by atoms with E-state index in [1.54, 1.807) is 11.6 Å². The van der Waals surface area contributed by atoms with Crippen molar-refractivity contribution in [3.05, 3.63) is 24.3 Å². The summed E-state index contributed by atoms with van der Waals surface area (Å²) in [5, 5.41) is 20.6. The van der Waals surface area contributed by atoms with Crippen molar-refractivity contribution >= 4 is 44.7 Å². The van der Waals surface area contributed by atoms with E-state index in [0.29, 0.717) is 11.9 Å². The number of nitrogens with zero attached hydrogens (tertiary/aromatic N) is 4. The molecule has 3 aliphatic rings. The minimum absolute atomic E-state index is 0.0419. The molecule has 12 heteroatoms. The number of rotatable bonds is 7. The third-order valence-electron chi connectivity index (χ3n) is 6.76. The molecule has 0 saturated carbocycles. The smallest absolute Gasteiger partial charge is 0.312 e. The molecule has 1 aromatic heterocycles. The molecule has 11 nitrogen and oxygen atoms in total. The van der Waals surface area contributed by atoms with Gasteiger partial charge in [0.15, 0.2) is 0 Å². The van der Waals surface area contributed by atoms with Gasteiger partial charge in [-0.1, -0.05) is 33.3 Å². The Kier molecular flexibility index (Phi) is 5.61. The van der Waals surface area contributed by atoms with Gasteiger partial charge in [0, 0.05) is 11.4 Å². The third kappa shape index (κ3) is 3.26. The Bertz CT molecular complexity index is 1110. The molecule has 4 heterocycles. The van der Waals surface area contributed by atoms with Gasteiger partial charge in [0.2, 0.25) is 11.8 Å². The number of carbonyl (C=O) groups is 3. The van der Waals surface area contributed by atoms with Crippen LogP contribution in [0.4, 0.5) is 0 Å². The van der Waals surface area contributed by atoms with Gasteiger partial charge in [0.1, 0.15) is 23.8 Å². The number of aliphatic hydroxyl groups is 1. The highest BCUT2D eigenvalue weighted by Gasteiger charge is 2.76. The Labute approximate surface area is 197 Å². The molecule has 3 aliphatic heterocycles. The molecule has 1 spiro atoms. The SMILES string of the molecule is CCOC(=O)[C@@H]1[C@H]2O[C@@]3(CC2Br)[C@H](C(=O)NCn2nnc4ccccc42)N(CCO)C(=O)[C@@H]13. The number of hydrogen-bond donors (Lipinski definition) is 2. The molecule has 33 heavy (non-hydrogen) atoms. The molecule has 2 amide bonds. The maximum absolute atomic E-state index is 13.5. The summed E-state index contributed by atoms with van der Waals surface area (Å²) in [5.41, 5.74) is 0.266. The molecule has 3 fully saturated rings. The van der Waals surface area contributed by atoms with Gasteiger partial charge in [-0.05, 0) is 25.5 Å². The summed E-state index contributed by atoms with van der Waals surface area (Å²) < 4.78 is 13.1. The maximum Gasteiger partial charge on any atom is 0.312 e. The summed E-state index contributed by atoms with van der Waals surface area (Å²) in [6, 6.07) is 6.36. The standard InChI is InChI=1S/C21H24BrN5O6/c1-2-32-20(31)14-15-19(30)26(7-8-28)17(21(15)9-11(22)16(14)33-21)18(29)23-10-27-13-6-4-3-5-12(13)24-25-27/h3-6,11,14-17,28H,2,7-10H2,1H3,(H,23,29)/t11?,14-,15+,16-,17-,21+/m0/s1. The average molecular weight is 522 g/mol. The summed E-state index contributed by atoms with van der Waals surface area (Å²) in [6.07, 6.45) is -0.181. The number of carbonyl (C=O) groups excluding carboxylic acids is 3. The summed E-state index contributed by atoms with van der Waals surface area (Å²) in [6.45, 7) is 1.56. The molecule has 1 aromatic carbocycles. The lowest BCUT2D eigenvalue weighted by molar-refractivity contribution is -0.154. The fourth-order valence-corrected chi connectivity index (χ4v) is 6.51. The van der Waals surface area contributed by atoms with Gasteiger partial charge in [0.25, 0.3) is 0 Å². The molecule has 2 bridgehead atoms. The molecular weight excluding hydrogens is 498 g/mol. The summed E-state index contributed by atoms with van der Waals surface area (Å²) in [5.74, 6) is -2.98. The number of hydrogen-bond acceptors (Lipinski definition) is 8. The first-order chi connectivity index (χ1) is 15.9. The van der Waals surface area contributed by atoms with Gasteiger partial charge >= 0.3 is 5.97 Å². The van der Waals surface area contributed by atoms with E-state index in [-0.39, 0.29) is 37.2 Å². The largest absolute Gasteiger partial charge is 0.466 e. The van der Waals surface area contributed by atoms with Crippen molar-refractivity contribution in [3.63, 3.8) is 0 Å². The molecule has 2 aromatic rings. The van der Waals surface area contributed by atoms with Crippen LogP contribution in [0.15, 0.2) is 24.3 Å². The molecule has 0 radical (unpaired) electrons. The minimum Gasteiger partial charge on any atom is -0.466 e. The van der Waals surface area contributed by atoms with Gasteiger partial charge in [0.05, 0.1) is 36.7 Å². The van der Waals surface area contributed by atoms with E-state index in [1.165, 1.54) is 4.90 Å². The second-order valence-corrected chi connectivity index (χ2v) is 9.62. The Morgan fingerprint density at radius 2 is 2.18 bits per heavy atom. The number of β-amino-alcohol motifs (C(OH)–C–C–N with tert-alkyl or cyclic N) is 1. The van der Waals surface area contributed by atoms with E-state index in [4.69, 9.17) is 9.47 Å². The second-order valence-electron chi connectivity index (χ2n) is 8.45. The van der Waals surface area contributed by atoms with Crippen molar-refractivity contribution < 1.29 is 29.0 Å². The van der Waals surface area contributed by atoms with Crippen molar-refractivity contribution in [2.24, 2.45) is 11.8 Å². The zero-order valence-electron chi connectivity index (χ0n) is 17.9. The van der Waals surface area contributed by atoms with E-state index in [2.05, 4.69) is 31.6 Å². The van der Waals surface area contributed by atoms with E-state index >= 15 is 0 Å².